The maximum absolute atomic E-state index is 13.0. The number of rotatable bonds is 4. The molecule has 9 nitrogen and oxygen atoms in total. The van der Waals surface area contributed by atoms with E-state index in [-0.39, 0.29) is 43.1 Å². The van der Waals surface area contributed by atoms with Crippen molar-refractivity contribution in [2.75, 3.05) is 24.5 Å². The summed E-state index contributed by atoms with van der Waals surface area (Å²) < 4.78 is 40.4. The summed E-state index contributed by atoms with van der Waals surface area (Å²) in [5.41, 5.74) is -0.622. The van der Waals surface area contributed by atoms with E-state index in [1.165, 1.54) is 9.58 Å². The van der Waals surface area contributed by atoms with Crippen molar-refractivity contribution in [2.24, 2.45) is 0 Å². The molecule has 3 rings (SSSR count). The number of carbonyl (C=O) groups is 2. The number of alkyl halides is 3. The molecule has 0 aliphatic carbocycles. The molecule has 1 fully saturated rings. The number of nitrogens with zero attached hydrogens (tertiary/aromatic N) is 6. The fourth-order valence-corrected chi connectivity index (χ4v) is 4.19. The number of aromatic carboxylic acids is 1. The van der Waals surface area contributed by atoms with Crippen LogP contribution in [-0.2, 0) is 17.5 Å². The van der Waals surface area contributed by atoms with E-state index >= 15 is 0 Å². The van der Waals surface area contributed by atoms with Gasteiger partial charge in [-0.2, -0.15) is 18.3 Å². The van der Waals surface area contributed by atoms with Gasteiger partial charge in [0.1, 0.15) is 23.2 Å². The first-order valence-electron chi connectivity index (χ1n) is 8.71. The molecule has 0 unspecified atom stereocenters. The molecule has 13 heteroatoms. The van der Waals surface area contributed by atoms with Gasteiger partial charge < -0.3 is 14.9 Å². The van der Waals surface area contributed by atoms with Gasteiger partial charge in [-0.25, -0.2) is 19.4 Å². The van der Waals surface area contributed by atoms with Crippen LogP contribution in [0.25, 0.3) is 0 Å². The number of carbonyl (C=O) groups excluding carboxylic acids is 1. The maximum atomic E-state index is 13.0. The second kappa shape index (κ2) is 7.61. The molecule has 1 N–H and O–H groups in total. The Morgan fingerprint density at radius 2 is 1.93 bits per heavy atom. The lowest BCUT2D eigenvalue weighted by Crippen LogP contribution is -2.55. The summed E-state index contributed by atoms with van der Waals surface area (Å²) >= 11 is 0.303. The molecule has 0 spiro atoms. The maximum Gasteiger partial charge on any atom is 0.443 e. The van der Waals surface area contributed by atoms with E-state index in [9.17, 15) is 27.9 Å². The monoisotopic (exact) mass is 432 g/mol. The molecule has 0 radical (unpaired) electrons. The van der Waals surface area contributed by atoms with Crippen molar-refractivity contribution in [1.29, 1.82) is 0 Å². The zero-order valence-corrected chi connectivity index (χ0v) is 16.7. The predicted molar refractivity (Wildman–Crippen MR) is 97.0 cm³/mol. The van der Waals surface area contributed by atoms with E-state index < -0.39 is 22.8 Å². The van der Waals surface area contributed by atoms with Gasteiger partial charge in [0.2, 0.25) is 10.9 Å². The highest BCUT2D eigenvalue weighted by molar-refractivity contribution is 7.16. The van der Waals surface area contributed by atoms with Crippen LogP contribution in [-0.4, -0.2) is 67.3 Å². The van der Waals surface area contributed by atoms with Crippen LogP contribution in [0, 0.1) is 13.8 Å². The average molecular weight is 432 g/mol. The average Bonchev–Trinajstić information content (AvgIpc) is 3.18. The van der Waals surface area contributed by atoms with Gasteiger partial charge >= 0.3 is 12.1 Å². The minimum absolute atomic E-state index is 0.0101. The number of hydrogen-bond acceptors (Lipinski definition) is 7. The molecule has 0 saturated carbocycles. The number of piperazine rings is 1. The molecule has 0 aromatic carbocycles. The first-order valence-corrected chi connectivity index (χ1v) is 9.52. The van der Waals surface area contributed by atoms with E-state index in [0.29, 0.717) is 23.0 Å². The smallest absolute Gasteiger partial charge is 0.443 e. The Morgan fingerprint density at radius 3 is 2.45 bits per heavy atom. The number of aryl methyl sites for hydroxylation is 2. The van der Waals surface area contributed by atoms with Gasteiger partial charge in [-0.05, 0) is 20.8 Å². The van der Waals surface area contributed by atoms with Crippen LogP contribution in [0.3, 0.4) is 0 Å². The van der Waals surface area contributed by atoms with Crippen molar-refractivity contribution in [3.63, 3.8) is 0 Å². The van der Waals surface area contributed by atoms with Crippen LogP contribution in [0.2, 0.25) is 0 Å². The molecule has 2 aromatic heterocycles. The van der Waals surface area contributed by atoms with E-state index in [0.717, 1.165) is 0 Å². The number of hydrogen-bond donors (Lipinski definition) is 1. The fourth-order valence-electron chi connectivity index (χ4n) is 3.23. The highest BCUT2D eigenvalue weighted by Crippen LogP contribution is 2.39. The number of amides is 1. The van der Waals surface area contributed by atoms with Crippen LogP contribution < -0.4 is 4.90 Å². The molecule has 0 bridgehead atoms. The summed E-state index contributed by atoms with van der Waals surface area (Å²) in [5, 5.41) is 12.2. The number of carboxylic acid groups (broad SMARTS) is 1. The van der Waals surface area contributed by atoms with Crippen LogP contribution in [0.15, 0.2) is 0 Å². The van der Waals surface area contributed by atoms with Gasteiger partial charge in [0.25, 0.3) is 0 Å². The molecular formula is C16H19F3N6O3S. The van der Waals surface area contributed by atoms with Gasteiger partial charge in [0.05, 0.1) is 0 Å². The standard InChI is InChI=1S/C16H19F3N6O3S/c1-8-6-23(13-12(14(27)28)21-15(29-13)16(17,18)19)4-5-24(8)11(26)7-25-10(3)20-9(2)22-25/h8H,4-7H2,1-3H3,(H,27,28)/t8-/m1/s1. The van der Waals surface area contributed by atoms with Crippen molar-refractivity contribution >= 4 is 28.2 Å². The van der Waals surface area contributed by atoms with Gasteiger partial charge in [0.15, 0.2) is 5.69 Å². The first kappa shape index (κ1) is 21.0. The molecule has 3 heterocycles. The summed E-state index contributed by atoms with van der Waals surface area (Å²) in [6, 6.07) is -0.334. The van der Waals surface area contributed by atoms with Crippen LogP contribution >= 0.6 is 11.3 Å². The molecule has 1 aliphatic rings. The number of aromatic nitrogens is 4. The Labute approximate surface area is 167 Å². The zero-order chi connectivity index (χ0) is 21.5. The summed E-state index contributed by atoms with van der Waals surface area (Å²) in [5.74, 6) is -0.545. The van der Waals surface area contributed by atoms with Crippen molar-refractivity contribution < 1.29 is 27.9 Å². The van der Waals surface area contributed by atoms with E-state index in [1.54, 1.807) is 25.7 Å². The molecule has 1 aliphatic heterocycles. The van der Waals surface area contributed by atoms with Crippen molar-refractivity contribution in [1.82, 2.24) is 24.6 Å². The molecule has 2 aromatic rings. The van der Waals surface area contributed by atoms with Gasteiger partial charge in [-0.15, -0.1) is 0 Å². The van der Waals surface area contributed by atoms with Gasteiger partial charge in [-0.3, -0.25) is 4.79 Å². The lowest BCUT2D eigenvalue weighted by molar-refractivity contribution is -0.137. The largest absolute Gasteiger partial charge is 0.476 e. The van der Waals surface area contributed by atoms with E-state index in [4.69, 9.17) is 0 Å². The minimum atomic E-state index is -4.72. The number of anilines is 1. The number of thiazole rings is 1. The Morgan fingerprint density at radius 1 is 1.24 bits per heavy atom. The van der Waals surface area contributed by atoms with Crippen LogP contribution in [0.5, 0.6) is 0 Å². The topological polar surface area (TPSA) is 104 Å². The summed E-state index contributed by atoms with van der Waals surface area (Å²) in [6.45, 7) is 5.87. The Bertz CT molecular complexity index is 941. The van der Waals surface area contributed by atoms with Gasteiger partial charge in [-0.1, -0.05) is 11.3 Å². The number of halogens is 3. The fraction of sp³-hybridized carbons (Fsp3) is 0.562. The molecule has 1 saturated heterocycles. The van der Waals surface area contributed by atoms with Crippen molar-refractivity contribution in [3.8, 4) is 0 Å². The molecule has 1 amide bonds. The van der Waals surface area contributed by atoms with Crippen molar-refractivity contribution in [2.45, 2.75) is 39.5 Å². The third kappa shape index (κ3) is 4.33. The SMILES string of the molecule is Cc1nc(C)n(CC(=O)N2CCN(c3sc(C(F)(F)F)nc3C(=O)O)C[C@H]2C)n1. The van der Waals surface area contributed by atoms with Gasteiger partial charge in [0, 0.05) is 25.7 Å². The number of carboxylic acids is 1. The first-order chi connectivity index (χ1) is 13.5. The Balaban J connectivity index is 1.74. The van der Waals surface area contributed by atoms with Crippen molar-refractivity contribution in [3.05, 3.63) is 22.4 Å². The summed E-state index contributed by atoms with van der Waals surface area (Å²) in [4.78, 5) is 34.6. The Hall–Kier alpha value is -2.70. The second-order valence-electron chi connectivity index (χ2n) is 6.72. The second-order valence-corrected chi connectivity index (χ2v) is 7.70. The quantitative estimate of drug-likeness (QED) is 0.786. The highest BCUT2D eigenvalue weighted by Gasteiger charge is 2.39. The molecule has 158 valence electrons. The zero-order valence-electron chi connectivity index (χ0n) is 15.9. The van der Waals surface area contributed by atoms with Crippen LogP contribution in [0.4, 0.5) is 18.2 Å². The van der Waals surface area contributed by atoms with Crippen LogP contribution in [0.1, 0.15) is 34.1 Å². The van der Waals surface area contributed by atoms with E-state index in [2.05, 4.69) is 15.1 Å². The third-order valence-electron chi connectivity index (χ3n) is 4.54. The lowest BCUT2D eigenvalue weighted by Gasteiger charge is -2.40. The summed E-state index contributed by atoms with van der Waals surface area (Å²) in [7, 11) is 0. The van der Waals surface area contributed by atoms with E-state index in [1.807, 2.05) is 0 Å². The molecular weight excluding hydrogens is 413 g/mol. The minimum Gasteiger partial charge on any atom is -0.476 e. The normalized spacial score (nSPS) is 17.7. The molecule has 29 heavy (non-hydrogen) atoms. The molecule has 1 atom stereocenters. The summed E-state index contributed by atoms with van der Waals surface area (Å²) in [6.07, 6.45) is -4.72. The lowest BCUT2D eigenvalue weighted by atomic mass is 10.2. The predicted octanol–water partition coefficient (Wildman–Crippen LogP) is 1.81. The third-order valence-corrected chi connectivity index (χ3v) is 5.70. The Kier molecular flexibility index (Phi) is 5.52. The highest BCUT2D eigenvalue weighted by atomic mass is 32.1.